The van der Waals surface area contributed by atoms with Crippen molar-refractivity contribution < 1.29 is 14.6 Å². The smallest absolute Gasteiger partial charge is 0.305 e. The first-order valence-corrected chi connectivity index (χ1v) is 5.17. The molecule has 1 unspecified atom stereocenters. The molecule has 4 nitrogen and oxygen atoms in total. The number of carboxylic acids is 1. The zero-order chi connectivity index (χ0) is 12.1. The number of carboxylic acid groups (broad SMARTS) is 1. The van der Waals surface area contributed by atoms with Gasteiger partial charge in [-0.2, -0.15) is 0 Å². The minimum atomic E-state index is -0.934. The maximum Gasteiger partial charge on any atom is 0.305 e. The first-order chi connectivity index (χ1) is 7.54. The molecule has 0 spiro atoms. The maximum atomic E-state index is 10.6. The Bertz CT molecular complexity index is 381. The first-order valence-electron chi connectivity index (χ1n) is 4.79. The second kappa shape index (κ2) is 5.84. The summed E-state index contributed by atoms with van der Waals surface area (Å²) in [4.78, 5) is 10.6. The molecule has 1 aromatic carbocycles. The lowest BCUT2D eigenvalue weighted by Gasteiger charge is -2.14. The van der Waals surface area contributed by atoms with Crippen LogP contribution in [0.4, 0.5) is 0 Å². The Hall–Kier alpha value is -1.10. The summed E-state index contributed by atoms with van der Waals surface area (Å²) in [5.41, 5.74) is 7.38. The number of halogens is 1. The minimum absolute atomic E-state index is 0.128. The molecule has 0 aliphatic rings. The molecule has 0 radical (unpaired) electrons. The molecule has 0 aliphatic heterocycles. The fourth-order valence-electron chi connectivity index (χ4n) is 1.50. The van der Waals surface area contributed by atoms with Crippen LogP contribution in [-0.2, 0) is 16.1 Å². The van der Waals surface area contributed by atoms with Crippen LogP contribution in [-0.4, -0.2) is 18.2 Å². The van der Waals surface area contributed by atoms with Crippen molar-refractivity contribution in [1.82, 2.24) is 0 Å². The topological polar surface area (TPSA) is 72.5 Å². The Balaban J connectivity index is 2.98. The van der Waals surface area contributed by atoms with Crippen molar-refractivity contribution >= 4 is 17.6 Å². The highest BCUT2D eigenvalue weighted by Crippen LogP contribution is 2.23. The fraction of sp³-hybridized carbons (Fsp3) is 0.364. The second-order valence-corrected chi connectivity index (χ2v) is 3.92. The highest BCUT2D eigenvalue weighted by Gasteiger charge is 2.14. The average Bonchev–Trinajstić information content (AvgIpc) is 2.20. The molecule has 16 heavy (non-hydrogen) atoms. The van der Waals surface area contributed by atoms with Gasteiger partial charge in [0.25, 0.3) is 0 Å². The average molecular weight is 244 g/mol. The Morgan fingerprint density at radius 2 is 2.31 bits per heavy atom. The zero-order valence-electron chi connectivity index (χ0n) is 8.94. The van der Waals surface area contributed by atoms with E-state index in [1.54, 1.807) is 25.3 Å². The van der Waals surface area contributed by atoms with E-state index in [0.29, 0.717) is 11.6 Å². The summed E-state index contributed by atoms with van der Waals surface area (Å²) in [7, 11) is 1.57. The van der Waals surface area contributed by atoms with Gasteiger partial charge in [0.15, 0.2) is 0 Å². The molecule has 0 saturated heterocycles. The van der Waals surface area contributed by atoms with Crippen LogP contribution in [0.2, 0.25) is 5.02 Å². The predicted molar refractivity (Wildman–Crippen MR) is 61.3 cm³/mol. The van der Waals surface area contributed by atoms with E-state index in [2.05, 4.69) is 0 Å². The number of nitrogens with two attached hydrogens (primary N) is 1. The highest BCUT2D eigenvalue weighted by molar-refractivity contribution is 6.30. The van der Waals surface area contributed by atoms with Crippen molar-refractivity contribution in [2.24, 2.45) is 5.73 Å². The number of hydrogen-bond acceptors (Lipinski definition) is 3. The predicted octanol–water partition coefficient (Wildman–Crippen LogP) is 1.96. The van der Waals surface area contributed by atoms with Gasteiger partial charge in [0.05, 0.1) is 13.0 Å². The summed E-state index contributed by atoms with van der Waals surface area (Å²) < 4.78 is 5.02. The van der Waals surface area contributed by atoms with E-state index in [0.717, 1.165) is 11.1 Å². The SMILES string of the molecule is COCc1ccc(Cl)cc1C(N)CC(=O)O. The van der Waals surface area contributed by atoms with E-state index >= 15 is 0 Å². The van der Waals surface area contributed by atoms with Crippen molar-refractivity contribution in [3.05, 3.63) is 34.3 Å². The fourth-order valence-corrected chi connectivity index (χ4v) is 1.68. The van der Waals surface area contributed by atoms with Gasteiger partial charge >= 0.3 is 5.97 Å². The molecule has 0 heterocycles. The summed E-state index contributed by atoms with van der Waals surface area (Å²) in [5, 5.41) is 9.23. The van der Waals surface area contributed by atoms with E-state index in [1.165, 1.54) is 0 Å². The van der Waals surface area contributed by atoms with E-state index in [-0.39, 0.29) is 6.42 Å². The lowest BCUT2D eigenvalue weighted by molar-refractivity contribution is -0.137. The molecule has 3 N–H and O–H groups in total. The van der Waals surface area contributed by atoms with Crippen molar-refractivity contribution in [1.29, 1.82) is 0 Å². The summed E-state index contributed by atoms with van der Waals surface area (Å²) in [5.74, 6) is -0.934. The van der Waals surface area contributed by atoms with Gasteiger partial charge in [-0.3, -0.25) is 4.79 Å². The Kier molecular flexibility index (Phi) is 4.73. The highest BCUT2D eigenvalue weighted by atomic mass is 35.5. The van der Waals surface area contributed by atoms with Crippen LogP contribution in [0.3, 0.4) is 0 Å². The zero-order valence-corrected chi connectivity index (χ0v) is 9.70. The minimum Gasteiger partial charge on any atom is -0.481 e. The van der Waals surface area contributed by atoms with E-state index in [9.17, 15) is 4.79 Å². The Morgan fingerprint density at radius 3 is 2.88 bits per heavy atom. The number of ether oxygens (including phenoxy) is 1. The first kappa shape index (κ1) is 13.0. The van der Waals surface area contributed by atoms with Gasteiger partial charge in [-0.1, -0.05) is 17.7 Å². The van der Waals surface area contributed by atoms with Crippen LogP contribution < -0.4 is 5.73 Å². The van der Waals surface area contributed by atoms with Gasteiger partial charge in [-0.25, -0.2) is 0 Å². The summed E-state index contributed by atoms with van der Waals surface area (Å²) >= 11 is 5.85. The van der Waals surface area contributed by atoms with Crippen LogP contribution in [0, 0.1) is 0 Å². The third-order valence-corrected chi connectivity index (χ3v) is 2.44. The van der Waals surface area contributed by atoms with Crippen LogP contribution in [0.15, 0.2) is 18.2 Å². The normalized spacial score (nSPS) is 12.4. The number of rotatable bonds is 5. The number of benzene rings is 1. The van der Waals surface area contributed by atoms with Crippen LogP contribution in [0.25, 0.3) is 0 Å². The second-order valence-electron chi connectivity index (χ2n) is 3.48. The maximum absolute atomic E-state index is 10.6. The largest absolute Gasteiger partial charge is 0.481 e. The van der Waals surface area contributed by atoms with E-state index in [4.69, 9.17) is 27.2 Å². The molecule has 0 aliphatic carbocycles. The number of methoxy groups -OCH3 is 1. The van der Waals surface area contributed by atoms with Gasteiger partial charge in [-0.15, -0.1) is 0 Å². The van der Waals surface area contributed by atoms with Gasteiger partial charge in [0.2, 0.25) is 0 Å². The van der Waals surface area contributed by atoms with Gasteiger partial charge < -0.3 is 15.6 Å². The molecule has 1 aromatic rings. The molecule has 0 aromatic heterocycles. The Morgan fingerprint density at radius 1 is 1.62 bits per heavy atom. The van der Waals surface area contributed by atoms with Crippen molar-refractivity contribution in [3.63, 3.8) is 0 Å². The Labute approximate surface area is 99.0 Å². The molecule has 5 heteroatoms. The molecule has 0 amide bonds. The molecule has 1 atom stereocenters. The van der Waals surface area contributed by atoms with Crippen molar-refractivity contribution in [3.8, 4) is 0 Å². The summed E-state index contributed by atoms with van der Waals surface area (Å²) in [6, 6.07) is 4.64. The molecule has 1 rings (SSSR count). The molecule has 0 fully saturated rings. The van der Waals surface area contributed by atoms with E-state index < -0.39 is 12.0 Å². The van der Waals surface area contributed by atoms with E-state index in [1.807, 2.05) is 0 Å². The monoisotopic (exact) mass is 243 g/mol. The number of aliphatic carboxylic acids is 1. The quantitative estimate of drug-likeness (QED) is 0.829. The summed E-state index contributed by atoms with van der Waals surface area (Å²) in [6.45, 7) is 0.389. The standard InChI is InChI=1S/C11H14ClNO3/c1-16-6-7-2-3-8(12)4-9(7)10(13)5-11(14)15/h2-4,10H,5-6,13H2,1H3,(H,14,15). The lowest BCUT2D eigenvalue weighted by atomic mass is 9.99. The third kappa shape index (κ3) is 3.48. The number of hydrogen-bond donors (Lipinski definition) is 2. The summed E-state index contributed by atoms with van der Waals surface area (Å²) in [6.07, 6.45) is -0.128. The van der Waals surface area contributed by atoms with Crippen LogP contribution in [0.5, 0.6) is 0 Å². The van der Waals surface area contributed by atoms with Crippen LogP contribution in [0.1, 0.15) is 23.6 Å². The van der Waals surface area contributed by atoms with Crippen molar-refractivity contribution in [2.75, 3.05) is 7.11 Å². The van der Waals surface area contributed by atoms with Gasteiger partial charge in [0.1, 0.15) is 0 Å². The molecular formula is C11H14ClNO3. The molecule has 88 valence electrons. The van der Waals surface area contributed by atoms with Gasteiger partial charge in [0, 0.05) is 18.2 Å². The third-order valence-electron chi connectivity index (χ3n) is 2.20. The molecular weight excluding hydrogens is 230 g/mol. The number of carbonyl (C=O) groups is 1. The van der Waals surface area contributed by atoms with Crippen LogP contribution >= 0.6 is 11.6 Å². The van der Waals surface area contributed by atoms with Gasteiger partial charge in [-0.05, 0) is 23.3 Å². The lowest BCUT2D eigenvalue weighted by Crippen LogP contribution is -2.17. The molecule has 0 bridgehead atoms. The molecule has 0 saturated carbocycles. The van der Waals surface area contributed by atoms with Crippen molar-refractivity contribution in [2.45, 2.75) is 19.1 Å².